The van der Waals surface area contributed by atoms with Crippen LogP contribution in [0, 0.1) is 20.8 Å². The van der Waals surface area contributed by atoms with Crippen LogP contribution in [0.25, 0.3) is 0 Å². The standard InChI is InChI=1S/C18H26N6OS/c1-11-12(2)26-18(19-11)22-16-8-15(20-13(3)21-16)14-6-7-24(9-14)10-17(25)23(4)5/h8,14H,6-7,9-10H2,1-5H3,(H,19,20,21,22). The van der Waals surface area contributed by atoms with Crippen LogP contribution in [0.5, 0.6) is 0 Å². The number of likely N-dealkylation sites (N-methyl/N-ethyl adjacent to an activating group) is 1. The van der Waals surface area contributed by atoms with E-state index in [2.05, 4.69) is 32.1 Å². The monoisotopic (exact) mass is 374 g/mol. The largest absolute Gasteiger partial charge is 0.348 e. The van der Waals surface area contributed by atoms with Crippen LogP contribution in [-0.2, 0) is 4.79 Å². The maximum atomic E-state index is 11.9. The lowest BCUT2D eigenvalue weighted by molar-refractivity contribution is -0.129. The number of thiazole rings is 1. The lowest BCUT2D eigenvalue weighted by Gasteiger charge is -2.18. The molecule has 0 radical (unpaired) electrons. The number of amides is 1. The molecule has 1 unspecified atom stereocenters. The average molecular weight is 375 g/mol. The minimum atomic E-state index is 0.140. The van der Waals surface area contributed by atoms with Gasteiger partial charge in [-0.2, -0.15) is 0 Å². The predicted octanol–water partition coefficient (Wildman–Crippen LogP) is 2.48. The zero-order chi connectivity index (χ0) is 18.8. The van der Waals surface area contributed by atoms with Gasteiger partial charge < -0.3 is 10.2 Å². The summed E-state index contributed by atoms with van der Waals surface area (Å²) in [4.78, 5) is 30.6. The number of carbonyl (C=O) groups excluding carboxylic acids is 1. The van der Waals surface area contributed by atoms with Gasteiger partial charge in [-0.1, -0.05) is 0 Å². The fraction of sp³-hybridized carbons (Fsp3) is 0.556. The van der Waals surface area contributed by atoms with E-state index in [4.69, 9.17) is 0 Å². The van der Waals surface area contributed by atoms with Crippen molar-refractivity contribution in [3.05, 3.63) is 28.2 Å². The third-order valence-corrected chi connectivity index (χ3v) is 5.66. The van der Waals surface area contributed by atoms with Crippen LogP contribution in [-0.4, -0.2) is 64.4 Å². The highest BCUT2D eigenvalue weighted by molar-refractivity contribution is 7.15. The summed E-state index contributed by atoms with van der Waals surface area (Å²) in [6.07, 6.45) is 1.01. The first-order valence-electron chi connectivity index (χ1n) is 8.81. The molecule has 1 saturated heterocycles. The summed E-state index contributed by atoms with van der Waals surface area (Å²) in [7, 11) is 3.59. The van der Waals surface area contributed by atoms with Crippen molar-refractivity contribution in [3.8, 4) is 0 Å². The van der Waals surface area contributed by atoms with E-state index in [1.165, 1.54) is 4.88 Å². The summed E-state index contributed by atoms with van der Waals surface area (Å²) in [5, 5.41) is 4.17. The maximum Gasteiger partial charge on any atom is 0.236 e. The number of hydrogen-bond donors (Lipinski definition) is 1. The molecule has 0 saturated carbocycles. The molecule has 1 N–H and O–H groups in total. The van der Waals surface area contributed by atoms with Gasteiger partial charge in [0.25, 0.3) is 0 Å². The Labute approximate surface area is 158 Å². The number of rotatable bonds is 5. The molecule has 0 aromatic carbocycles. The molecule has 0 bridgehead atoms. The summed E-state index contributed by atoms with van der Waals surface area (Å²) in [6, 6.07) is 2.01. The molecule has 2 aromatic rings. The highest BCUT2D eigenvalue weighted by Crippen LogP contribution is 2.29. The number of nitrogens with zero attached hydrogens (tertiary/aromatic N) is 5. The molecule has 0 spiro atoms. The van der Waals surface area contributed by atoms with Crippen molar-refractivity contribution in [2.24, 2.45) is 0 Å². The Morgan fingerprint density at radius 1 is 1.31 bits per heavy atom. The second-order valence-electron chi connectivity index (χ2n) is 7.02. The lowest BCUT2D eigenvalue weighted by atomic mass is 10.0. The number of carbonyl (C=O) groups is 1. The minimum absolute atomic E-state index is 0.140. The molecule has 1 aliphatic rings. The molecule has 1 amide bonds. The van der Waals surface area contributed by atoms with Crippen LogP contribution in [0.2, 0.25) is 0 Å². The van der Waals surface area contributed by atoms with Crippen molar-refractivity contribution in [1.29, 1.82) is 0 Å². The second kappa shape index (κ2) is 7.67. The molecule has 3 heterocycles. The lowest BCUT2D eigenvalue weighted by Crippen LogP contribution is -2.35. The van der Waals surface area contributed by atoms with Crippen molar-refractivity contribution in [2.75, 3.05) is 39.0 Å². The van der Waals surface area contributed by atoms with E-state index >= 15 is 0 Å². The highest BCUT2D eigenvalue weighted by atomic mass is 32.1. The molecule has 1 aliphatic heterocycles. The number of likely N-dealkylation sites (tertiary alicyclic amines) is 1. The fourth-order valence-electron chi connectivity index (χ4n) is 3.05. The van der Waals surface area contributed by atoms with Crippen LogP contribution < -0.4 is 5.32 Å². The average Bonchev–Trinajstić information content (AvgIpc) is 3.14. The number of aryl methyl sites for hydroxylation is 3. The molecule has 140 valence electrons. The third kappa shape index (κ3) is 4.37. The van der Waals surface area contributed by atoms with E-state index in [1.807, 2.05) is 19.9 Å². The summed E-state index contributed by atoms with van der Waals surface area (Å²) in [6.45, 7) is 8.23. The first kappa shape index (κ1) is 18.7. The van der Waals surface area contributed by atoms with E-state index in [1.54, 1.807) is 30.3 Å². The molecule has 1 fully saturated rings. The Hall–Kier alpha value is -2.06. The van der Waals surface area contributed by atoms with Crippen molar-refractivity contribution < 1.29 is 4.79 Å². The Morgan fingerprint density at radius 3 is 2.73 bits per heavy atom. The van der Waals surface area contributed by atoms with Gasteiger partial charge in [0.1, 0.15) is 11.6 Å². The summed E-state index contributed by atoms with van der Waals surface area (Å²) >= 11 is 1.63. The van der Waals surface area contributed by atoms with E-state index < -0.39 is 0 Å². The van der Waals surface area contributed by atoms with Crippen LogP contribution in [0.15, 0.2) is 6.07 Å². The summed E-state index contributed by atoms with van der Waals surface area (Å²) in [5.74, 6) is 2.00. The quantitative estimate of drug-likeness (QED) is 0.867. The van der Waals surface area contributed by atoms with Gasteiger partial charge in [-0.25, -0.2) is 15.0 Å². The van der Waals surface area contributed by atoms with Gasteiger partial charge in [-0.15, -0.1) is 11.3 Å². The number of nitrogens with one attached hydrogen (secondary N) is 1. The molecule has 3 rings (SSSR count). The molecule has 7 nitrogen and oxygen atoms in total. The molecular formula is C18H26N6OS. The van der Waals surface area contributed by atoms with E-state index in [0.717, 1.165) is 47.7 Å². The van der Waals surface area contributed by atoms with Gasteiger partial charge in [-0.05, 0) is 33.7 Å². The molecule has 2 aromatic heterocycles. The summed E-state index contributed by atoms with van der Waals surface area (Å²) < 4.78 is 0. The van der Waals surface area contributed by atoms with Gasteiger partial charge in [0.05, 0.1) is 17.9 Å². The van der Waals surface area contributed by atoms with Crippen molar-refractivity contribution in [1.82, 2.24) is 24.8 Å². The summed E-state index contributed by atoms with van der Waals surface area (Å²) in [5.41, 5.74) is 2.07. The van der Waals surface area contributed by atoms with Crippen LogP contribution in [0.1, 0.15) is 34.4 Å². The van der Waals surface area contributed by atoms with E-state index in [9.17, 15) is 4.79 Å². The van der Waals surface area contributed by atoms with Crippen LogP contribution in [0.4, 0.5) is 10.9 Å². The zero-order valence-corrected chi connectivity index (χ0v) is 16.9. The van der Waals surface area contributed by atoms with Gasteiger partial charge in [0.15, 0.2) is 5.13 Å². The van der Waals surface area contributed by atoms with Crippen molar-refractivity contribution >= 4 is 28.2 Å². The number of anilines is 2. The van der Waals surface area contributed by atoms with Crippen LogP contribution >= 0.6 is 11.3 Å². The van der Waals surface area contributed by atoms with Crippen molar-refractivity contribution in [3.63, 3.8) is 0 Å². The third-order valence-electron chi connectivity index (χ3n) is 4.67. The van der Waals surface area contributed by atoms with E-state index in [0.29, 0.717) is 12.5 Å². The molecule has 0 aliphatic carbocycles. The Kier molecular flexibility index (Phi) is 5.52. The second-order valence-corrected chi connectivity index (χ2v) is 8.22. The van der Waals surface area contributed by atoms with Gasteiger partial charge in [0.2, 0.25) is 5.91 Å². The van der Waals surface area contributed by atoms with Gasteiger partial charge >= 0.3 is 0 Å². The van der Waals surface area contributed by atoms with Gasteiger partial charge in [0, 0.05) is 37.5 Å². The van der Waals surface area contributed by atoms with Crippen molar-refractivity contribution in [2.45, 2.75) is 33.1 Å². The molecule has 26 heavy (non-hydrogen) atoms. The first-order chi connectivity index (χ1) is 12.3. The predicted molar refractivity (Wildman–Crippen MR) is 104 cm³/mol. The fourth-order valence-corrected chi connectivity index (χ4v) is 3.87. The minimum Gasteiger partial charge on any atom is -0.348 e. The molecule has 8 heteroatoms. The first-order valence-corrected chi connectivity index (χ1v) is 9.62. The maximum absolute atomic E-state index is 11.9. The van der Waals surface area contributed by atoms with Crippen LogP contribution in [0.3, 0.4) is 0 Å². The normalized spacial score (nSPS) is 17.5. The molecular weight excluding hydrogens is 348 g/mol. The Balaban J connectivity index is 1.71. The Morgan fingerprint density at radius 2 is 2.08 bits per heavy atom. The molecule has 1 atom stereocenters. The number of hydrogen-bond acceptors (Lipinski definition) is 7. The zero-order valence-electron chi connectivity index (χ0n) is 16.0. The van der Waals surface area contributed by atoms with E-state index in [-0.39, 0.29) is 5.91 Å². The Bertz CT molecular complexity index is 783. The topological polar surface area (TPSA) is 74.2 Å². The highest BCUT2D eigenvalue weighted by Gasteiger charge is 2.27. The van der Waals surface area contributed by atoms with Gasteiger partial charge in [-0.3, -0.25) is 9.69 Å². The number of aromatic nitrogens is 3. The smallest absolute Gasteiger partial charge is 0.236 e. The SMILES string of the molecule is Cc1nc(Nc2nc(C)c(C)s2)cc(C2CCN(CC(=O)N(C)C)C2)n1.